The summed E-state index contributed by atoms with van der Waals surface area (Å²) in [7, 11) is 0. The number of nitrogens with one attached hydrogen (secondary N) is 1. The third kappa shape index (κ3) is 3.60. The molecule has 1 unspecified atom stereocenters. The molecule has 2 aromatic carbocycles. The fourth-order valence-electron chi connectivity index (χ4n) is 2.27. The van der Waals surface area contributed by atoms with E-state index in [0.29, 0.717) is 5.56 Å². The number of benzene rings is 2. The Labute approximate surface area is 125 Å². The lowest BCUT2D eigenvalue weighted by Crippen LogP contribution is -2.07. The molecule has 1 N–H and O–H groups in total. The molecule has 0 spiro atoms. The molecule has 0 aliphatic heterocycles. The van der Waals surface area contributed by atoms with E-state index in [1.165, 1.54) is 5.56 Å². The second-order valence-corrected chi connectivity index (χ2v) is 5.22. The highest BCUT2D eigenvalue weighted by molar-refractivity contribution is 5.55. The normalized spacial score (nSPS) is 12.0. The molecule has 0 fully saturated rings. The van der Waals surface area contributed by atoms with E-state index in [4.69, 9.17) is 0 Å². The number of anilines is 1. The molecule has 21 heavy (non-hydrogen) atoms. The SMILES string of the molecule is CCc1ccc(C(C)Nc2ccc(C)c([N+](=O)[O-])c2)cc1. The average molecular weight is 284 g/mol. The van der Waals surface area contributed by atoms with Crippen LogP contribution in [-0.4, -0.2) is 4.92 Å². The Bertz CT molecular complexity index is 636. The summed E-state index contributed by atoms with van der Waals surface area (Å²) in [4.78, 5) is 10.6. The molecule has 0 aliphatic rings. The molecule has 0 aliphatic carbocycles. The van der Waals surface area contributed by atoms with Gasteiger partial charge in [0.25, 0.3) is 5.69 Å². The lowest BCUT2D eigenvalue weighted by molar-refractivity contribution is -0.385. The molecule has 110 valence electrons. The van der Waals surface area contributed by atoms with E-state index in [-0.39, 0.29) is 16.7 Å². The Morgan fingerprint density at radius 3 is 2.43 bits per heavy atom. The van der Waals surface area contributed by atoms with Crippen molar-refractivity contribution in [1.82, 2.24) is 0 Å². The zero-order chi connectivity index (χ0) is 15.4. The number of nitrogens with zero attached hydrogens (tertiary/aromatic N) is 1. The summed E-state index contributed by atoms with van der Waals surface area (Å²) in [5, 5.41) is 14.3. The first-order valence-corrected chi connectivity index (χ1v) is 7.11. The summed E-state index contributed by atoms with van der Waals surface area (Å²) in [5.41, 5.74) is 4.05. The standard InChI is InChI=1S/C17H20N2O2/c1-4-14-6-8-15(9-7-14)13(3)18-16-10-5-12(2)17(11-16)19(20)21/h5-11,13,18H,4H2,1-3H3. The van der Waals surface area contributed by atoms with Crippen molar-refractivity contribution in [2.75, 3.05) is 5.32 Å². The van der Waals surface area contributed by atoms with Crippen molar-refractivity contribution >= 4 is 11.4 Å². The van der Waals surface area contributed by atoms with Gasteiger partial charge in [0.2, 0.25) is 0 Å². The lowest BCUT2D eigenvalue weighted by atomic mass is 10.0. The fraction of sp³-hybridized carbons (Fsp3) is 0.294. The van der Waals surface area contributed by atoms with Crippen LogP contribution in [0.15, 0.2) is 42.5 Å². The predicted octanol–water partition coefficient (Wildman–Crippen LogP) is 4.64. The molecule has 0 heterocycles. The molecular formula is C17H20N2O2. The van der Waals surface area contributed by atoms with Gasteiger partial charge in [0.05, 0.1) is 4.92 Å². The van der Waals surface area contributed by atoms with E-state index in [1.54, 1.807) is 19.1 Å². The first kappa shape index (κ1) is 15.0. The second kappa shape index (κ2) is 6.39. The predicted molar refractivity (Wildman–Crippen MR) is 85.7 cm³/mol. The summed E-state index contributed by atoms with van der Waals surface area (Å²) in [6, 6.07) is 13.8. The molecule has 0 bridgehead atoms. The number of nitro groups is 1. The zero-order valence-corrected chi connectivity index (χ0v) is 12.6. The maximum absolute atomic E-state index is 11.0. The number of nitro benzene ring substituents is 1. The quantitative estimate of drug-likeness (QED) is 0.643. The maximum atomic E-state index is 11.0. The number of hydrogen-bond donors (Lipinski definition) is 1. The molecule has 0 aromatic heterocycles. The van der Waals surface area contributed by atoms with Gasteiger partial charge >= 0.3 is 0 Å². The third-order valence-electron chi connectivity index (χ3n) is 3.68. The summed E-state index contributed by atoms with van der Waals surface area (Å²) < 4.78 is 0. The molecule has 0 saturated heterocycles. The Morgan fingerprint density at radius 1 is 1.19 bits per heavy atom. The minimum atomic E-state index is -0.346. The van der Waals surface area contributed by atoms with Crippen molar-refractivity contribution in [3.63, 3.8) is 0 Å². The van der Waals surface area contributed by atoms with Crippen molar-refractivity contribution in [3.05, 3.63) is 69.3 Å². The maximum Gasteiger partial charge on any atom is 0.274 e. The van der Waals surface area contributed by atoms with Gasteiger partial charge in [-0.15, -0.1) is 0 Å². The first-order chi connectivity index (χ1) is 10.0. The van der Waals surface area contributed by atoms with Gasteiger partial charge in [-0.2, -0.15) is 0 Å². The van der Waals surface area contributed by atoms with Crippen molar-refractivity contribution in [2.24, 2.45) is 0 Å². The van der Waals surface area contributed by atoms with E-state index in [1.807, 2.05) is 13.0 Å². The summed E-state index contributed by atoms with van der Waals surface area (Å²) >= 11 is 0. The molecule has 2 rings (SSSR count). The van der Waals surface area contributed by atoms with Gasteiger partial charge in [-0.3, -0.25) is 10.1 Å². The minimum absolute atomic E-state index is 0.0956. The van der Waals surface area contributed by atoms with Gasteiger partial charge < -0.3 is 5.32 Å². The van der Waals surface area contributed by atoms with E-state index < -0.39 is 0 Å². The number of rotatable bonds is 5. The topological polar surface area (TPSA) is 55.2 Å². The monoisotopic (exact) mass is 284 g/mol. The highest BCUT2D eigenvalue weighted by Crippen LogP contribution is 2.25. The molecule has 0 amide bonds. The van der Waals surface area contributed by atoms with Crippen LogP contribution in [0, 0.1) is 17.0 Å². The van der Waals surface area contributed by atoms with Crippen molar-refractivity contribution in [3.8, 4) is 0 Å². The van der Waals surface area contributed by atoms with Gasteiger partial charge in [0.1, 0.15) is 0 Å². The Kier molecular flexibility index (Phi) is 4.58. The minimum Gasteiger partial charge on any atom is -0.378 e. The summed E-state index contributed by atoms with van der Waals surface area (Å²) in [6.07, 6.45) is 1.02. The third-order valence-corrected chi connectivity index (χ3v) is 3.68. The second-order valence-electron chi connectivity index (χ2n) is 5.22. The molecule has 0 radical (unpaired) electrons. The number of aryl methyl sites for hydroxylation is 2. The van der Waals surface area contributed by atoms with Crippen molar-refractivity contribution in [2.45, 2.75) is 33.2 Å². The molecule has 4 nitrogen and oxygen atoms in total. The molecule has 1 atom stereocenters. The number of hydrogen-bond acceptors (Lipinski definition) is 3. The molecular weight excluding hydrogens is 264 g/mol. The first-order valence-electron chi connectivity index (χ1n) is 7.11. The van der Waals surface area contributed by atoms with Crippen LogP contribution < -0.4 is 5.32 Å². The van der Waals surface area contributed by atoms with E-state index in [0.717, 1.165) is 17.7 Å². The smallest absolute Gasteiger partial charge is 0.274 e. The van der Waals surface area contributed by atoms with Gasteiger partial charge in [0.15, 0.2) is 0 Å². The van der Waals surface area contributed by atoms with Crippen LogP contribution in [0.1, 0.15) is 36.6 Å². The zero-order valence-electron chi connectivity index (χ0n) is 12.6. The van der Waals surface area contributed by atoms with Crippen molar-refractivity contribution in [1.29, 1.82) is 0 Å². The van der Waals surface area contributed by atoms with Crippen LogP contribution in [0.2, 0.25) is 0 Å². The van der Waals surface area contributed by atoms with Gasteiger partial charge in [0, 0.05) is 23.4 Å². The van der Waals surface area contributed by atoms with E-state index in [9.17, 15) is 10.1 Å². The fourth-order valence-corrected chi connectivity index (χ4v) is 2.27. The van der Waals surface area contributed by atoms with Gasteiger partial charge in [-0.1, -0.05) is 37.3 Å². The van der Waals surface area contributed by atoms with Gasteiger partial charge in [-0.05, 0) is 37.5 Å². The summed E-state index contributed by atoms with van der Waals surface area (Å²) in [6.45, 7) is 5.92. The van der Waals surface area contributed by atoms with E-state index in [2.05, 4.69) is 36.5 Å². The van der Waals surface area contributed by atoms with Crippen LogP contribution in [0.4, 0.5) is 11.4 Å². The van der Waals surface area contributed by atoms with E-state index >= 15 is 0 Å². The lowest BCUT2D eigenvalue weighted by Gasteiger charge is -2.16. The largest absolute Gasteiger partial charge is 0.378 e. The summed E-state index contributed by atoms with van der Waals surface area (Å²) in [5.74, 6) is 0. The Morgan fingerprint density at radius 2 is 1.86 bits per heavy atom. The highest BCUT2D eigenvalue weighted by Gasteiger charge is 2.12. The van der Waals surface area contributed by atoms with Crippen LogP contribution in [0.3, 0.4) is 0 Å². The average Bonchev–Trinajstić information content (AvgIpc) is 2.49. The van der Waals surface area contributed by atoms with Gasteiger partial charge in [-0.25, -0.2) is 0 Å². The Hall–Kier alpha value is -2.36. The highest BCUT2D eigenvalue weighted by atomic mass is 16.6. The Balaban J connectivity index is 2.16. The van der Waals surface area contributed by atoms with Crippen LogP contribution >= 0.6 is 0 Å². The molecule has 2 aromatic rings. The van der Waals surface area contributed by atoms with Crippen LogP contribution in [-0.2, 0) is 6.42 Å². The molecule has 4 heteroatoms. The van der Waals surface area contributed by atoms with Crippen LogP contribution in [0.5, 0.6) is 0 Å². The van der Waals surface area contributed by atoms with Crippen LogP contribution in [0.25, 0.3) is 0 Å². The molecule has 0 saturated carbocycles. The van der Waals surface area contributed by atoms with Crippen molar-refractivity contribution < 1.29 is 4.92 Å².